The molecule has 0 bridgehead atoms. The van der Waals surface area contributed by atoms with Crippen LogP contribution >= 0.6 is 11.8 Å². The summed E-state index contributed by atoms with van der Waals surface area (Å²) in [7, 11) is 0. The Morgan fingerprint density at radius 3 is 1.95 bits per heavy atom. The molecule has 0 aromatic heterocycles. The Bertz CT molecular complexity index is 651. The van der Waals surface area contributed by atoms with E-state index in [0.717, 1.165) is 5.56 Å². The van der Waals surface area contributed by atoms with E-state index in [4.69, 9.17) is 0 Å². The standard InChI is InChI=1S/C17H18N2O2S/c1-12(20)18-14-5-7-15(8-6-14)19-17(21)11-13-3-9-16(22-2)10-4-13/h3-10H,11H2,1-2H3,(H,18,20)(H,19,21). The summed E-state index contributed by atoms with van der Waals surface area (Å²) in [5.41, 5.74) is 2.39. The zero-order valence-electron chi connectivity index (χ0n) is 12.6. The summed E-state index contributed by atoms with van der Waals surface area (Å²) in [5, 5.41) is 5.53. The largest absolute Gasteiger partial charge is 0.326 e. The van der Waals surface area contributed by atoms with Gasteiger partial charge in [0.25, 0.3) is 0 Å². The molecule has 2 rings (SSSR count). The van der Waals surface area contributed by atoms with Gasteiger partial charge in [-0.25, -0.2) is 0 Å². The van der Waals surface area contributed by atoms with Gasteiger partial charge >= 0.3 is 0 Å². The van der Waals surface area contributed by atoms with Gasteiger partial charge in [-0.15, -0.1) is 11.8 Å². The summed E-state index contributed by atoms with van der Waals surface area (Å²) in [6.07, 6.45) is 2.36. The molecule has 2 amide bonds. The van der Waals surface area contributed by atoms with Crippen molar-refractivity contribution in [2.45, 2.75) is 18.2 Å². The minimum absolute atomic E-state index is 0.0656. The maximum Gasteiger partial charge on any atom is 0.228 e. The minimum Gasteiger partial charge on any atom is -0.326 e. The highest BCUT2D eigenvalue weighted by molar-refractivity contribution is 7.98. The van der Waals surface area contributed by atoms with E-state index in [0.29, 0.717) is 17.8 Å². The fraction of sp³-hybridized carbons (Fsp3) is 0.176. The van der Waals surface area contributed by atoms with Crippen LogP contribution < -0.4 is 10.6 Å². The Balaban J connectivity index is 1.92. The van der Waals surface area contributed by atoms with Crippen LogP contribution in [0.5, 0.6) is 0 Å². The third-order valence-corrected chi connectivity index (χ3v) is 3.76. The van der Waals surface area contributed by atoms with Gasteiger partial charge in [-0.05, 0) is 48.2 Å². The van der Waals surface area contributed by atoms with Crippen LogP contribution in [0.2, 0.25) is 0 Å². The number of anilines is 2. The van der Waals surface area contributed by atoms with Gasteiger partial charge in [0.15, 0.2) is 0 Å². The number of nitrogens with one attached hydrogen (secondary N) is 2. The molecule has 22 heavy (non-hydrogen) atoms. The van der Waals surface area contributed by atoms with E-state index in [-0.39, 0.29) is 11.8 Å². The molecule has 0 radical (unpaired) electrons. The highest BCUT2D eigenvalue weighted by Gasteiger charge is 2.05. The highest BCUT2D eigenvalue weighted by atomic mass is 32.2. The van der Waals surface area contributed by atoms with Gasteiger partial charge in [-0.3, -0.25) is 9.59 Å². The summed E-state index contributed by atoms with van der Waals surface area (Å²) in [6.45, 7) is 1.46. The number of amides is 2. The fourth-order valence-corrected chi connectivity index (χ4v) is 2.38. The van der Waals surface area contributed by atoms with Crippen molar-refractivity contribution in [1.29, 1.82) is 0 Å². The number of hydrogen-bond donors (Lipinski definition) is 2. The average Bonchev–Trinajstić information content (AvgIpc) is 2.49. The van der Waals surface area contributed by atoms with Gasteiger partial charge in [0.05, 0.1) is 6.42 Å². The first kappa shape index (κ1) is 16.1. The van der Waals surface area contributed by atoms with E-state index in [9.17, 15) is 9.59 Å². The Labute approximate surface area is 134 Å². The van der Waals surface area contributed by atoms with E-state index in [2.05, 4.69) is 10.6 Å². The van der Waals surface area contributed by atoms with E-state index in [1.54, 1.807) is 36.0 Å². The fourth-order valence-electron chi connectivity index (χ4n) is 1.97. The Kier molecular flexibility index (Phi) is 5.61. The molecule has 0 saturated carbocycles. The van der Waals surface area contributed by atoms with E-state index in [1.165, 1.54) is 11.8 Å². The second-order valence-electron chi connectivity index (χ2n) is 4.83. The van der Waals surface area contributed by atoms with Crippen LogP contribution in [0.25, 0.3) is 0 Å². The first-order chi connectivity index (χ1) is 10.6. The van der Waals surface area contributed by atoms with Crippen molar-refractivity contribution in [3.8, 4) is 0 Å². The predicted octanol–water partition coefficient (Wildman–Crippen LogP) is 3.55. The van der Waals surface area contributed by atoms with Crippen LogP contribution in [-0.4, -0.2) is 18.1 Å². The zero-order valence-corrected chi connectivity index (χ0v) is 13.4. The number of carbonyl (C=O) groups excluding carboxylic acids is 2. The molecule has 0 fully saturated rings. The van der Waals surface area contributed by atoms with Gasteiger partial charge < -0.3 is 10.6 Å². The maximum atomic E-state index is 12.0. The minimum atomic E-state index is -0.120. The summed E-state index contributed by atoms with van der Waals surface area (Å²) in [6, 6.07) is 15.0. The van der Waals surface area contributed by atoms with Gasteiger partial charge in [0, 0.05) is 23.2 Å². The first-order valence-electron chi connectivity index (χ1n) is 6.87. The summed E-state index contributed by atoms with van der Waals surface area (Å²) >= 11 is 1.67. The molecular weight excluding hydrogens is 296 g/mol. The Morgan fingerprint density at radius 2 is 1.45 bits per heavy atom. The predicted molar refractivity (Wildman–Crippen MR) is 91.3 cm³/mol. The van der Waals surface area contributed by atoms with Crippen LogP contribution in [0, 0.1) is 0 Å². The lowest BCUT2D eigenvalue weighted by atomic mass is 10.1. The molecule has 2 aromatic carbocycles. The summed E-state index contributed by atoms with van der Waals surface area (Å²) in [5.74, 6) is -0.186. The summed E-state index contributed by atoms with van der Waals surface area (Å²) in [4.78, 5) is 24.1. The molecule has 0 aliphatic rings. The smallest absolute Gasteiger partial charge is 0.228 e. The molecule has 0 atom stereocenters. The Hall–Kier alpha value is -2.27. The number of hydrogen-bond acceptors (Lipinski definition) is 3. The van der Waals surface area contributed by atoms with Crippen LogP contribution in [0.1, 0.15) is 12.5 Å². The molecule has 0 heterocycles. The second kappa shape index (κ2) is 7.66. The van der Waals surface area contributed by atoms with Gasteiger partial charge in [0.1, 0.15) is 0 Å². The van der Waals surface area contributed by atoms with Crippen LogP contribution in [-0.2, 0) is 16.0 Å². The van der Waals surface area contributed by atoms with E-state index < -0.39 is 0 Å². The average molecular weight is 314 g/mol. The molecule has 0 spiro atoms. The van der Waals surface area contributed by atoms with Crippen LogP contribution in [0.3, 0.4) is 0 Å². The molecule has 0 aliphatic carbocycles. The van der Waals surface area contributed by atoms with Crippen molar-refractivity contribution in [3.05, 3.63) is 54.1 Å². The van der Waals surface area contributed by atoms with Gasteiger partial charge in [-0.2, -0.15) is 0 Å². The molecule has 0 aliphatic heterocycles. The van der Waals surface area contributed by atoms with Crippen molar-refractivity contribution < 1.29 is 9.59 Å². The van der Waals surface area contributed by atoms with E-state index in [1.807, 2.05) is 30.5 Å². The number of thioether (sulfide) groups is 1. The van der Waals surface area contributed by atoms with Crippen LogP contribution in [0.4, 0.5) is 11.4 Å². The van der Waals surface area contributed by atoms with Crippen molar-refractivity contribution in [3.63, 3.8) is 0 Å². The van der Waals surface area contributed by atoms with E-state index >= 15 is 0 Å². The SMILES string of the molecule is CSc1ccc(CC(=O)Nc2ccc(NC(C)=O)cc2)cc1. The van der Waals surface area contributed by atoms with Gasteiger partial charge in [0.2, 0.25) is 11.8 Å². The number of rotatable bonds is 5. The van der Waals surface area contributed by atoms with Crippen molar-refractivity contribution in [1.82, 2.24) is 0 Å². The molecule has 0 unspecified atom stereocenters. The molecule has 2 N–H and O–H groups in total. The second-order valence-corrected chi connectivity index (χ2v) is 5.71. The van der Waals surface area contributed by atoms with Crippen molar-refractivity contribution in [2.24, 2.45) is 0 Å². The third kappa shape index (κ3) is 4.93. The molecule has 0 saturated heterocycles. The lowest BCUT2D eigenvalue weighted by Gasteiger charge is -2.07. The highest BCUT2D eigenvalue weighted by Crippen LogP contribution is 2.16. The number of benzene rings is 2. The molecule has 2 aromatic rings. The normalized spacial score (nSPS) is 10.1. The topological polar surface area (TPSA) is 58.2 Å². The lowest BCUT2D eigenvalue weighted by Crippen LogP contribution is -2.14. The van der Waals surface area contributed by atoms with Crippen molar-refractivity contribution in [2.75, 3.05) is 16.9 Å². The molecular formula is C17H18N2O2S. The zero-order chi connectivity index (χ0) is 15.9. The Morgan fingerprint density at radius 1 is 0.909 bits per heavy atom. The maximum absolute atomic E-state index is 12.0. The quantitative estimate of drug-likeness (QED) is 0.830. The lowest BCUT2D eigenvalue weighted by molar-refractivity contribution is -0.116. The number of carbonyl (C=O) groups is 2. The van der Waals surface area contributed by atoms with Gasteiger partial charge in [-0.1, -0.05) is 12.1 Å². The molecule has 5 heteroatoms. The molecule has 114 valence electrons. The van der Waals surface area contributed by atoms with Crippen molar-refractivity contribution >= 4 is 35.0 Å². The summed E-state index contributed by atoms with van der Waals surface area (Å²) < 4.78 is 0. The third-order valence-electron chi connectivity index (χ3n) is 3.01. The first-order valence-corrected chi connectivity index (χ1v) is 8.10. The van der Waals surface area contributed by atoms with Crippen LogP contribution in [0.15, 0.2) is 53.4 Å². The monoisotopic (exact) mass is 314 g/mol. The molecule has 4 nitrogen and oxygen atoms in total.